The first-order valence-corrected chi connectivity index (χ1v) is 12.3. The standard InChI is InChI=1S/C29H30FN3O5/c1-29(2,3)38-28(37)33-14-12-32(13-15-33)27(36)20-6-4-19(5-7-20)21-16-22(18-25(34)17-21)26(35)31-24-10-8-23(30)9-11-24/h4-11,16-18,34H,12-15H2,1-3H3,(H,31,35). The summed E-state index contributed by atoms with van der Waals surface area (Å²) >= 11 is 0. The monoisotopic (exact) mass is 519 g/mol. The predicted octanol–water partition coefficient (Wildman–Crippen LogP) is 5.14. The van der Waals surface area contributed by atoms with Crippen LogP contribution in [0, 0.1) is 5.82 Å². The molecule has 198 valence electrons. The van der Waals surface area contributed by atoms with Crippen molar-refractivity contribution in [2.75, 3.05) is 31.5 Å². The number of ether oxygens (including phenoxy) is 1. The van der Waals surface area contributed by atoms with E-state index < -0.39 is 17.3 Å². The number of halogens is 1. The Hall–Kier alpha value is -4.40. The van der Waals surface area contributed by atoms with Gasteiger partial charge in [-0.1, -0.05) is 12.1 Å². The average Bonchev–Trinajstić information content (AvgIpc) is 2.88. The molecule has 0 aliphatic carbocycles. The second kappa shape index (κ2) is 10.9. The highest BCUT2D eigenvalue weighted by molar-refractivity contribution is 6.05. The Labute approximate surface area is 220 Å². The maximum absolute atomic E-state index is 13.1. The van der Waals surface area contributed by atoms with Gasteiger partial charge in [0.25, 0.3) is 11.8 Å². The lowest BCUT2D eigenvalue weighted by atomic mass is 10.0. The largest absolute Gasteiger partial charge is 0.508 e. The second-order valence-corrected chi connectivity index (χ2v) is 10.1. The molecule has 0 radical (unpaired) electrons. The summed E-state index contributed by atoms with van der Waals surface area (Å²) in [7, 11) is 0. The molecule has 0 atom stereocenters. The third-order valence-electron chi connectivity index (χ3n) is 5.97. The van der Waals surface area contributed by atoms with Gasteiger partial charge < -0.3 is 25.0 Å². The highest BCUT2D eigenvalue weighted by Crippen LogP contribution is 2.27. The SMILES string of the molecule is CC(C)(C)OC(=O)N1CCN(C(=O)c2ccc(-c3cc(O)cc(C(=O)Nc4ccc(F)cc4)c3)cc2)CC1. The van der Waals surface area contributed by atoms with E-state index in [1.165, 1.54) is 36.4 Å². The van der Waals surface area contributed by atoms with Crippen LogP contribution in [0.4, 0.5) is 14.9 Å². The van der Waals surface area contributed by atoms with Crippen LogP contribution in [0.15, 0.2) is 66.7 Å². The van der Waals surface area contributed by atoms with Crippen molar-refractivity contribution in [3.8, 4) is 16.9 Å². The van der Waals surface area contributed by atoms with E-state index in [4.69, 9.17) is 4.74 Å². The van der Waals surface area contributed by atoms with Crippen LogP contribution < -0.4 is 5.32 Å². The highest BCUT2D eigenvalue weighted by atomic mass is 19.1. The number of nitrogens with one attached hydrogen (secondary N) is 1. The summed E-state index contributed by atoms with van der Waals surface area (Å²) in [6.07, 6.45) is -0.384. The Balaban J connectivity index is 1.41. The lowest BCUT2D eigenvalue weighted by Gasteiger charge is -2.35. The van der Waals surface area contributed by atoms with Gasteiger partial charge in [-0.15, -0.1) is 0 Å². The molecule has 3 aromatic rings. The van der Waals surface area contributed by atoms with Gasteiger partial charge in [-0.05, 0) is 86.5 Å². The topological polar surface area (TPSA) is 99.2 Å². The van der Waals surface area contributed by atoms with Gasteiger partial charge in [0.2, 0.25) is 0 Å². The molecule has 0 saturated carbocycles. The maximum atomic E-state index is 13.1. The van der Waals surface area contributed by atoms with Gasteiger partial charge >= 0.3 is 6.09 Å². The van der Waals surface area contributed by atoms with Crippen molar-refractivity contribution in [1.82, 2.24) is 9.80 Å². The van der Waals surface area contributed by atoms with Gasteiger partial charge in [0.1, 0.15) is 17.2 Å². The first-order chi connectivity index (χ1) is 18.0. The Bertz CT molecular complexity index is 1330. The average molecular weight is 520 g/mol. The number of rotatable bonds is 4. The van der Waals surface area contributed by atoms with E-state index in [9.17, 15) is 23.9 Å². The number of hydrogen-bond donors (Lipinski definition) is 2. The van der Waals surface area contributed by atoms with Crippen molar-refractivity contribution in [1.29, 1.82) is 0 Å². The van der Waals surface area contributed by atoms with Crippen LogP contribution in [-0.2, 0) is 4.74 Å². The van der Waals surface area contributed by atoms with Crippen molar-refractivity contribution in [3.63, 3.8) is 0 Å². The minimum absolute atomic E-state index is 0.0882. The van der Waals surface area contributed by atoms with Crippen LogP contribution in [0.1, 0.15) is 41.5 Å². The number of phenols is 1. The molecule has 0 bridgehead atoms. The van der Waals surface area contributed by atoms with Crippen molar-refractivity contribution in [2.45, 2.75) is 26.4 Å². The van der Waals surface area contributed by atoms with Crippen LogP contribution in [0.25, 0.3) is 11.1 Å². The maximum Gasteiger partial charge on any atom is 0.410 e. The van der Waals surface area contributed by atoms with Crippen molar-refractivity contribution in [3.05, 3.63) is 83.7 Å². The summed E-state index contributed by atoms with van der Waals surface area (Å²) in [5.74, 6) is -1.09. The Morgan fingerprint density at radius 3 is 2.03 bits per heavy atom. The molecule has 8 nitrogen and oxygen atoms in total. The molecule has 1 aliphatic heterocycles. The fraction of sp³-hybridized carbons (Fsp3) is 0.276. The van der Waals surface area contributed by atoms with Gasteiger partial charge in [-0.2, -0.15) is 0 Å². The van der Waals surface area contributed by atoms with Crippen molar-refractivity contribution in [2.24, 2.45) is 0 Å². The molecule has 0 spiro atoms. The van der Waals surface area contributed by atoms with E-state index in [0.717, 1.165) is 0 Å². The molecule has 9 heteroatoms. The van der Waals surface area contributed by atoms with E-state index in [-0.39, 0.29) is 23.3 Å². The number of nitrogens with zero attached hydrogens (tertiary/aromatic N) is 2. The molecule has 3 amide bonds. The molecular weight excluding hydrogens is 489 g/mol. The Kier molecular flexibility index (Phi) is 7.66. The van der Waals surface area contributed by atoms with Crippen LogP contribution in [0.3, 0.4) is 0 Å². The number of benzene rings is 3. The molecule has 3 aromatic carbocycles. The number of aromatic hydroxyl groups is 1. The van der Waals surface area contributed by atoms with Gasteiger partial charge in [0, 0.05) is 43.0 Å². The fourth-order valence-corrected chi connectivity index (χ4v) is 4.05. The molecule has 38 heavy (non-hydrogen) atoms. The smallest absolute Gasteiger partial charge is 0.410 e. The molecule has 0 aromatic heterocycles. The minimum Gasteiger partial charge on any atom is -0.508 e. The third-order valence-corrected chi connectivity index (χ3v) is 5.97. The third kappa shape index (κ3) is 6.67. The number of amides is 3. The number of carbonyl (C=O) groups is 3. The van der Waals surface area contributed by atoms with Crippen LogP contribution in [-0.4, -0.2) is 64.6 Å². The lowest BCUT2D eigenvalue weighted by molar-refractivity contribution is 0.0141. The molecule has 1 fully saturated rings. The van der Waals surface area contributed by atoms with Crippen molar-refractivity contribution >= 4 is 23.6 Å². The van der Waals surface area contributed by atoms with Crippen LogP contribution >= 0.6 is 0 Å². The van der Waals surface area contributed by atoms with E-state index in [1.807, 2.05) is 20.8 Å². The number of piperazine rings is 1. The van der Waals surface area contributed by atoms with Gasteiger partial charge in [0.15, 0.2) is 0 Å². The molecule has 4 rings (SSSR count). The van der Waals surface area contributed by atoms with Gasteiger partial charge in [0.05, 0.1) is 0 Å². The molecule has 1 aliphatic rings. The first kappa shape index (κ1) is 26.7. The quantitative estimate of drug-likeness (QED) is 0.497. The molecule has 1 saturated heterocycles. The van der Waals surface area contributed by atoms with Crippen molar-refractivity contribution < 1.29 is 28.6 Å². The normalized spacial score (nSPS) is 13.7. The lowest BCUT2D eigenvalue weighted by Crippen LogP contribution is -2.51. The first-order valence-electron chi connectivity index (χ1n) is 12.3. The summed E-state index contributed by atoms with van der Waals surface area (Å²) in [6, 6.07) is 16.8. The number of phenolic OH excluding ortho intramolecular Hbond substituents is 1. The van der Waals surface area contributed by atoms with Gasteiger partial charge in [-0.25, -0.2) is 9.18 Å². The molecule has 2 N–H and O–H groups in total. The van der Waals surface area contributed by atoms with E-state index in [1.54, 1.807) is 40.1 Å². The fourth-order valence-electron chi connectivity index (χ4n) is 4.05. The second-order valence-electron chi connectivity index (χ2n) is 10.1. The predicted molar refractivity (Wildman–Crippen MR) is 142 cm³/mol. The molecule has 0 unspecified atom stereocenters. The van der Waals surface area contributed by atoms with Crippen LogP contribution in [0.5, 0.6) is 5.75 Å². The minimum atomic E-state index is -0.575. The summed E-state index contributed by atoms with van der Waals surface area (Å²) in [4.78, 5) is 41.3. The van der Waals surface area contributed by atoms with E-state index in [0.29, 0.717) is 48.6 Å². The number of anilines is 1. The Morgan fingerprint density at radius 2 is 1.42 bits per heavy atom. The summed E-state index contributed by atoms with van der Waals surface area (Å²) in [5.41, 5.74) is 1.88. The highest BCUT2D eigenvalue weighted by Gasteiger charge is 2.28. The zero-order valence-corrected chi connectivity index (χ0v) is 21.5. The molecular formula is C29H30FN3O5. The Morgan fingerprint density at radius 1 is 0.816 bits per heavy atom. The molecule has 1 heterocycles. The number of carbonyl (C=O) groups excluding carboxylic acids is 3. The van der Waals surface area contributed by atoms with Gasteiger partial charge in [-0.3, -0.25) is 9.59 Å². The van der Waals surface area contributed by atoms with Crippen LogP contribution in [0.2, 0.25) is 0 Å². The van der Waals surface area contributed by atoms with E-state index in [2.05, 4.69) is 5.32 Å². The van der Waals surface area contributed by atoms with E-state index >= 15 is 0 Å². The summed E-state index contributed by atoms with van der Waals surface area (Å²) in [5, 5.41) is 12.9. The summed E-state index contributed by atoms with van der Waals surface area (Å²) < 4.78 is 18.5. The summed E-state index contributed by atoms with van der Waals surface area (Å²) in [6.45, 7) is 7.03. The zero-order chi connectivity index (χ0) is 27.4. The number of hydrogen-bond acceptors (Lipinski definition) is 5. The zero-order valence-electron chi connectivity index (χ0n) is 21.5.